The van der Waals surface area contributed by atoms with Crippen LogP contribution in [0.25, 0.3) is 0 Å². The molecule has 2 fully saturated rings. The molecule has 0 aromatic heterocycles. The summed E-state index contributed by atoms with van der Waals surface area (Å²) in [6.45, 7) is 7.48. The summed E-state index contributed by atoms with van der Waals surface area (Å²) in [6.07, 6.45) is 9.70. The van der Waals surface area contributed by atoms with Crippen molar-refractivity contribution in [3.05, 3.63) is 23.3 Å². The van der Waals surface area contributed by atoms with E-state index < -0.39 is 8.07 Å². The maximum absolute atomic E-state index is 2.63. The first kappa shape index (κ1) is 8.96. The molecule has 1 heteroatoms. The molecule has 0 amide bonds. The summed E-state index contributed by atoms with van der Waals surface area (Å²) < 4.78 is 0. The molecule has 0 saturated heterocycles. The van der Waals surface area contributed by atoms with Gasteiger partial charge in [-0.15, -0.1) is 0 Å². The minimum absolute atomic E-state index is 0.843. The highest BCUT2D eigenvalue weighted by Crippen LogP contribution is 2.56. The molecule has 76 valence electrons. The maximum Gasteiger partial charge on any atom is 0.0558 e. The summed E-state index contributed by atoms with van der Waals surface area (Å²) in [5, 5.41) is 0. The Morgan fingerprint density at radius 2 is 1.50 bits per heavy atom. The fourth-order valence-electron chi connectivity index (χ4n) is 3.42. The first-order chi connectivity index (χ1) is 6.55. The molecule has 3 rings (SSSR count). The van der Waals surface area contributed by atoms with Gasteiger partial charge in [0.1, 0.15) is 0 Å². The number of allylic oxidation sites excluding steroid dienone is 4. The van der Waals surface area contributed by atoms with E-state index in [1.54, 1.807) is 11.1 Å². The highest BCUT2D eigenvalue weighted by Gasteiger charge is 2.43. The molecule has 0 heterocycles. The van der Waals surface area contributed by atoms with Crippen LogP contribution in [0.4, 0.5) is 0 Å². The molecule has 0 aromatic carbocycles. The van der Waals surface area contributed by atoms with E-state index in [4.69, 9.17) is 0 Å². The van der Waals surface area contributed by atoms with Crippen LogP contribution in [0.3, 0.4) is 0 Å². The van der Waals surface area contributed by atoms with E-state index in [2.05, 4.69) is 31.8 Å². The molecule has 14 heavy (non-hydrogen) atoms. The third-order valence-electron chi connectivity index (χ3n) is 4.36. The van der Waals surface area contributed by atoms with Crippen LogP contribution >= 0.6 is 0 Å². The Hall–Kier alpha value is -0.303. The quantitative estimate of drug-likeness (QED) is 0.567. The molecule has 0 spiro atoms. The lowest BCUT2D eigenvalue weighted by atomic mass is 9.92. The van der Waals surface area contributed by atoms with Crippen LogP contribution in [-0.2, 0) is 0 Å². The first-order valence-electron chi connectivity index (χ1n) is 5.99. The number of hydrogen-bond acceptors (Lipinski definition) is 0. The van der Waals surface area contributed by atoms with Crippen LogP contribution < -0.4 is 0 Å². The predicted octanol–water partition coefficient (Wildman–Crippen LogP) is 3.99. The summed E-state index contributed by atoms with van der Waals surface area (Å²) in [5.74, 6) is 1.93. The van der Waals surface area contributed by atoms with Crippen LogP contribution in [0, 0.1) is 11.8 Å². The van der Waals surface area contributed by atoms with Crippen molar-refractivity contribution in [2.24, 2.45) is 11.8 Å². The average Bonchev–Trinajstić information content (AvgIpc) is 2.74. The highest BCUT2D eigenvalue weighted by molar-refractivity contribution is 6.78. The normalized spacial score (nSPS) is 39.8. The molecular weight excluding hydrogens is 184 g/mol. The predicted molar refractivity (Wildman–Crippen MR) is 64.1 cm³/mol. The standard InChI is InChI=1S/C13H20Si/c1-14(2,3)11-7-12-9-4-5-10(6-9)13(12)8-11/h7-11H,4-6H2,1-3H3. The lowest BCUT2D eigenvalue weighted by Crippen LogP contribution is -2.24. The highest BCUT2D eigenvalue weighted by atomic mass is 28.3. The molecule has 3 aliphatic rings. The SMILES string of the molecule is C[Si](C)(C)C1C=C2C(=C1)C1CCC2C1. The molecule has 0 aromatic rings. The van der Waals surface area contributed by atoms with Gasteiger partial charge in [0.2, 0.25) is 0 Å². The molecule has 0 N–H and O–H groups in total. The summed E-state index contributed by atoms with van der Waals surface area (Å²) in [6, 6.07) is 0. The van der Waals surface area contributed by atoms with Crippen molar-refractivity contribution in [1.29, 1.82) is 0 Å². The lowest BCUT2D eigenvalue weighted by Gasteiger charge is -2.21. The van der Waals surface area contributed by atoms with E-state index >= 15 is 0 Å². The molecule has 3 aliphatic carbocycles. The average molecular weight is 204 g/mol. The van der Waals surface area contributed by atoms with Gasteiger partial charge in [-0.25, -0.2) is 0 Å². The second-order valence-corrected chi connectivity index (χ2v) is 11.7. The summed E-state index contributed by atoms with van der Waals surface area (Å²) >= 11 is 0. The van der Waals surface area contributed by atoms with Gasteiger partial charge < -0.3 is 0 Å². The van der Waals surface area contributed by atoms with E-state index in [9.17, 15) is 0 Å². The molecule has 2 bridgehead atoms. The van der Waals surface area contributed by atoms with Crippen LogP contribution in [0.5, 0.6) is 0 Å². The van der Waals surface area contributed by atoms with Gasteiger partial charge in [-0.2, -0.15) is 0 Å². The van der Waals surface area contributed by atoms with Gasteiger partial charge in [0.15, 0.2) is 0 Å². The summed E-state index contributed by atoms with van der Waals surface area (Å²) in [7, 11) is -0.974. The van der Waals surface area contributed by atoms with Crippen molar-refractivity contribution < 1.29 is 0 Å². The van der Waals surface area contributed by atoms with Crippen molar-refractivity contribution in [1.82, 2.24) is 0 Å². The lowest BCUT2D eigenvalue weighted by molar-refractivity contribution is 0.658. The minimum atomic E-state index is -0.974. The van der Waals surface area contributed by atoms with Gasteiger partial charge in [-0.3, -0.25) is 0 Å². The third-order valence-corrected chi connectivity index (χ3v) is 6.70. The van der Waals surface area contributed by atoms with Crippen molar-refractivity contribution >= 4 is 8.07 Å². The molecule has 2 unspecified atom stereocenters. The maximum atomic E-state index is 2.63. The second-order valence-electron chi connectivity index (χ2n) is 6.34. The molecule has 0 radical (unpaired) electrons. The van der Waals surface area contributed by atoms with E-state index in [1.807, 2.05) is 0 Å². The van der Waals surface area contributed by atoms with Crippen molar-refractivity contribution in [3.63, 3.8) is 0 Å². The number of hydrogen-bond donors (Lipinski definition) is 0. The van der Waals surface area contributed by atoms with E-state index in [1.165, 1.54) is 19.3 Å². The first-order valence-corrected chi connectivity index (χ1v) is 9.57. The van der Waals surface area contributed by atoms with Gasteiger partial charge in [-0.1, -0.05) is 31.8 Å². The summed E-state index contributed by atoms with van der Waals surface area (Å²) in [5.41, 5.74) is 4.39. The smallest absolute Gasteiger partial charge is 0.0558 e. The number of rotatable bonds is 1. The molecule has 2 saturated carbocycles. The zero-order chi connectivity index (χ0) is 9.92. The largest absolute Gasteiger partial charge is 0.0766 e. The fraction of sp³-hybridized carbons (Fsp3) is 0.692. The minimum Gasteiger partial charge on any atom is -0.0766 e. The van der Waals surface area contributed by atoms with Gasteiger partial charge in [0, 0.05) is 0 Å². The van der Waals surface area contributed by atoms with Gasteiger partial charge >= 0.3 is 0 Å². The monoisotopic (exact) mass is 204 g/mol. The second kappa shape index (κ2) is 2.63. The molecular formula is C13H20Si. The van der Waals surface area contributed by atoms with Crippen LogP contribution in [-0.4, -0.2) is 8.07 Å². The topological polar surface area (TPSA) is 0 Å². The van der Waals surface area contributed by atoms with E-state index in [0.717, 1.165) is 17.4 Å². The van der Waals surface area contributed by atoms with Crippen molar-refractivity contribution in [2.45, 2.75) is 44.4 Å². The van der Waals surface area contributed by atoms with E-state index in [-0.39, 0.29) is 0 Å². The Morgan fingerprint density at radius 1 is 1.00 bits per heavy atom. The number of fused-ring (bicyclic) bond motifs is 5. The van der Waals surface area contributed by atoms with Gasteiger partial charge in [0.25, 0.3) is 0 Å². The fourth-order valence-corrected chi connectivity index (χ4v) is 4.78. The zero-order valence-corrected chi connectivity index (χ0v) is 10.5. The summed E-state index contributed by atoms with van der Waals surface area (Å²) in [4.78, 5) is 0. The Morgan fingerprint density at radius 3 is 1.93 bits per heavy atom. The Balaban J connectivity index is 1.96. The Kier molecular flexibility index (Phi) is 1.68. The van der Waals surface area contributed by atoms with Crippen LogP contribution in [0.1, 0.15) is 19.3 Å². The van der Waals surface area contributed by atoms with Crippen LogP contribution in [0.15, 0.2) is 23.3 Å². The van der Waals surface area contributed by atoms with Crippen molar-refractivity contribution in [2.75, 3.05) is 0 Å². The Labute approximate surface area is 88.1 Å². The van der Waals surface area contributed by atoms with Gasteiger partial charge in [0.05, 0.1) is 8.07 Å². The zero-order valence-electron chi connectivity index (χ0n) is 9.51. The molecule has 0 nitrogen and oxygen atoms in total. The van der Waals surface area contributed by atoms with Gasteiger partial charge in [-0.05, 0) is 47.8 Å². The molecule has 2 atom stereocenters. The van der Waals surface area contributed by atoms with E-state index in [0.29, 0.717) is 0 Å². The molecule has 0 aliphatic heterocycles. The third kappa shape index (κ3) is 1.11. The van der Waals surface area contributed by atoms with Crippen molar-refractivity contribution in [3.8, 4) is 0 Å². The van der Waals surface area contributed by atoms with Crippen LogP contribution in [0.2, 0.25) is 25.2 Å². The Bertz CT molecular complexity index is 304.